The van der Waals surface area contributed by atoms with Gasteiger partial charge in [0.25, 0.3) is 0 Å². The number of nitrogens with zero attached hydrogens (tertiary/aromatic N) is 2. The van der Waals surface area contributed by atoms with Gasteiger partial charge in [-0.2, -0.15) is 0 Å². The van der Waals surface area contributed by atoms with Crippen LogP contribution >= 0.6 is 0 Å². The molecule has 2 heterocycles. The van der Waals surface area contributed by atoms with Crippen LogP contribution in [0.1, 0.15) is 0 Å². The standard InChI is InChI=1S/C10H8N2.C2H3O3.3H2O.Pt/c1-3-7-11-9(5-1)10-6-2-4-8-12-10;3-1-2(4)5;;;;/h1-8H;1H2,(H,4,5);3*1H2;/q;-1;;;;+2/p-1. The van der Waals surface area contributed by atoms with Gasteiger partial charge in [-0.1, -0.05) is 18.7 Å². The Hall–Kier alpha value is -1.70. The van der Waals surface area contributed by atoms with Crippen molar-refractivity contribution in [3.05, 3.63) is 48.8 Å². The number of pyridine rings is 2. The minimum atomic E-state index is -1.55. The molecule has 0 amide bonds. The second-order valence-corrected chi connectivity index (χ2v) is 2.95. The van der Waals surface area contributed by atoms with E-state index >= 15 is 0 Å². The van der Waals surface area contributed by atoms with Gasteiger partial charge in [-0.25, -0.2) is 0 Å². The fourth-order valence-corrected chi connectivity index (χ4v) is 1.03. The van der Waals surface area contributed by atoms with E-state index in [0.29, 0.717) is 0 Å². The summed E-state index contributed by atoms with van der Waals surface area (Å²) >= 11 is 0. The van der Waals surface area contributed by atoms with E-state index in [1.165, 1.54) is 0 Å². The van der Waals surface area contributed by atoms with Crippen LogP contribution in [0.4, 0.5) is 0 Å². The topological polar surface area (TPSA) is 183 Å². The summed E-state index contributed by atoms with van der Waals surface area (Å²) in [5, 5.41) is 17.9. The first-order chi connectivity index (χ1) is 8.24. The van der Waals surface area contributed by atoms with Gasteiger partial charge >= 0.3 is 21.1 Å². The van der Waals surface area contributed by atoms with Crippen LogP contribution in [0.15, 0.2) is 48.8 Å². The number of carbonyl (C=O) groups excluding carboxylic acids is 1. The molecule has 0 saturated heterocycles. The Bertz CT molecular complexity index is 420. The third-order valence-corrected chi connectivity index (χ3v) is 1.71. The van der Waals surface area contributed by atoms with Gasteiger partial charge in [0.1, 0.15) is 0 Å². The van der Waals surface area contributed by atoms with Gasteiger partial charge in [-0.05, 0) is 24.3 Å². The van der Waals surface area contributed by atoms with Crippen LogP contribution < -0.4 is 10.2 Å². The minimum absolute atomic E-state index is 0. The first kappa shape index (κ1) is 27.6. The molecule has 0 aliphatic carbocycles. The Labute approximate surface area is 135 Å². The molecule has 0 aliphatic rings. The van der Waals surface area contributed by atoms with Gasteiger partial charge < -0.3 is 31.4 Å². The molecule has 8 nitrogen and oxygen atoms in total. The van der Waals surface area contributed by atoms with E-state index in [2.05, 4.69) is 9.97 Å². The molecule has 2 rings (SSSR count). The number of carbonyl (C=O) groups is 1. The molecule has 0 atom stereocenters. The van der Waals surface area contributed by atoms with E-state index in [1.54, 1.807) is 12.4 Å². The summed E-state index contributed by atoms with van der Waals surface area (Å²) in [5.74, 6) is -1.55. The fraction of sp³-hybridized carbons (Fsp3) is 0.0833. The predicted molar refractivity (Wildman–Crippen MR) is 68.2 cm³/mol. The second kappa shape index (κ2) is 16.4. The number of aromatic nitrogens is 2. The van der Waals surface area contributed by atoms with Crippen molar-refractivity contribution in [3.8, 4) is 11.4 Å². The SMILES string of the molecule is O.O.O.O=C([O-])C[O-].[Pt+2].c1ccc(-c2ccccn2)nc1. The monoisotopic (exact) mass is 479 g/mol. The molecule has 0 saturated carbocycles. The Morgan fingerprint density at radius 1 is 0.905 bits per heavy atom. The Morgan fingerprint density at radius 2 is 1.24 bits per heavy atom. The molecule has 0 aromatic carbocycles. The molecule has 2 aromatic heterocycles. The van der Waals surface area contributed by atoms with Crippen LogP contribution in [0, 0.1) is 0 Å². The third-order valence-electron chi connectivity index (χ3n) is 1.71. The maximum atomic E-state index is 8.97. The summed E-state index contributed by atoms with van der Waals surface area (Å²) in [7, 11) is 0. The molecule has 2 aromatic rings. The molecule has 21 heavy (non-hydrogen) atoms. The van der Waals surface area contributed by atoms with Gasteiger partial charge in [-0.15, -0.1) is 0 Å². The summed E-state index contributed by atoms with van der Waals surface area (Å²) in [6.45, 7) is -1.14. The largest absolute Gasteiger partial charge is 2.00 e. The summed E-state index contributed by atoms with van der Waals surface area (Å²) < 4.78 is 0. The Kier molecular flexibility index (Phi) is 21.5. The molecule has 120 valence electrons. The number of carboxylic acid groups (broad SMARTS) is 1. The quantitative estimate of drug-likeness (QED) is 0.438. The zero-order chi connectivity index (χ0) is 12.5. The van der Waals surface area contributed by atoms with Crippen LogP contribution in [-0.2, 0) is 25.9 Å². The van der Waals surface area contributed by atoms with Crippen molar-refractivity contribution < 1.29 is 52.5 Å². The number of rotatable bonds is 2. The van der Waals surface area contributed by atoms with Crippen LogP contribution in [0.25, 0.3) is 11.4 Å². The maximum Gasteiger partial charge on any atom is 2.00 e. The molecular formula is C12H16N2O6Pt. The van der Waals surface area contributed by atoms with Crippen molar-refractivity contribution in [3.63, 3.8) is 0 Å². The summed E-state index contributed by atoms with van der Waals surface area (Å²) in [5.41, 5.74) is 1.83. The van der Waals surface area contributed by atoms with E-state index in [1.807, 2.05) is 36.4 Å². The summed E-state index contributed by atoms with van der Waals surface area (Å²) in [6.07, 6.45) is 3.54. The molecule has 0 fully saturated rings. The zero-order valence-corrected chi connectivity index (χ0v) is 13.0. The average Bonchev–Trinajstić information content (AvgIpc) is 2.41. The smallest absolute Gasteiger partial charge is 0.850 e. The summed E-state index contributed by atoms with van der Waals surface area (Å²) in [6, 6.07) is 11.6. The zero-order valence-electron chi connectivity index (χ0n) is 10.8. The van der Waals surface area contributed by atoms with Crippen molar-refractivity contribution >= 4 is 5.97 Å². The van der Waals surface area contributed by atoms with Gasteiger partial charge in [0.15, 0.2) is 0 Å². The molecule has 0 radical (unpaired) electrons. The molecular weight excluding hydrogens is 463 g/mol. The van der Waals surface area contributed by atoms with Crippen LogP contribution in [0.3, 0.4) is 0 Å². The minimum Gasteiger partial charge on any atom is -0.850 e. The predicted octanol–water partition coefficient (Wildman–Crippen LogP) is -3.24. The number of hydrogen-bond donors (Lipinski definition) is 0. The Morgan fingerprint density at radius 3 is 1.43 bits per heavy atom. The van der Waals surface area contributed by atoms with E-state index in [9.17, 15) is 0 Å². The van der Waals surface area contributed by atoms with E-state index in [4.69, 9.17) is 15.0 Å². The molecule has 6 N–H and O–H groups in total. The molecule has 0 spiro atoms. The van der Waals surface area contributed by atoms with E-state index in [0.717, 1.165) is 11.4 Å². The number of carboxylic acids is 1. The molecule has 0 unspecified atom stereocenters. The first-order valence-electron chi connectivity index (χ1n) is 4.84. The number of hydrogen-bond acceptors (Lipinski definition) is 5. The fourth-order valence-electron chi connectivity index (χ4n) is 1.03. The van der Waals surface area contributed by atoms with Gasteiger partial charge in [0.2, 0.25) is 0 Å². The molecule has 0 aliphatic heterocycles. The van der Waals surface area contributed by atoms with Crippen molar-refractivity contribution in [1.82, 2.24) is 9.97 Å². The first-order valence-corrected chi connectivity index (χ1v) is 4.84. The second-order valence-electron chi connectivity index (χ2n) is 2.95. The molecule has 9 heteroatoms. The van der Waals surface area contributed by atoms with Crippen molar-refractivity contribution in [1.29, 1.82) is 0 Å². The summed E-state index contributed by atoms with van der Waals surface area (Å²) in [4.78, 5) is 17.3. The van der Waals surface area contributed by atoms with E-state index in [-0.39, 0.29) is 37.5 Å². The maximum absolute atomic E-state index is 8.97. The van der Waals surface area contributed by atoms with Gasteiger partial charge in [-0.3, -0.25) is 9.97 Å². The average molecular weight is 479 g/mol. The third kappa shape index (κ3) is 11.8. The molecule has 0 bridgehead atoms. The number of aliphatic carboxylic acids is 1. The van der Waals surface area contributed by atoms with Crippen LogP contribution in [0.5, 0.6) is 0 Å². The van der Waals surface area contributed by atoms with Crippen LogP contribution in [0.2, 0.25) is 0 Å². The van der Waals surface area contributed by atoms with Crippen LogP contribution in [-0.4, -0.2) is 39.0 Å². The van der Waals surface area contributed by atoms with Crippen molar-refractivity contribution in [2.45, 2.75) is 0 Å². The van der Waals surface area contributed by atoms with Gasteiger partial charge in [0.05, 0.1) is 11.4 Å². The van der Waals surface area contributed by atoms with Gasteiger partial charge in [0, 0.05) is 18.4 Å². The van der Waals surface area contributed by atoms with Crippen molar-refractivity contribution in [2.75, 3.05) is 6.61 Å². The van der Waals surface area contributed by atoms with E-state index < -0.39 is 12.6 Å². The normalized spacial score (nSPS) is 7.29. The Balaban J connectivity index is -0.000000144. The van der Waals surface area contributed by atoms with Crippen molar-refractivity contribution in [2.24, 2.45) is 0 Å².